The van der Waals surface area contributed by atoms with Gasteiger partial charge in [0.2, 0.25) is 5.91 Å². The second kappa shape index (κ2) is 7.78. The number of amides is 1. The molecule has 0 aliphatic heterocycles. The summed E-state index contributed by atoms with van der Waals surface area (Å²) in [7, 11) is 0. The van der Waals surface area contributed by atoms with Crippen molar-refractivity contribution < 1.29 is 14.7 Å². The van der Waals surface area contributed by atoms with Gasteiger partial charge in [-0.3, -0.25) is 9.59 Å². The van der Waals surface area contributed by atoms with Gasteiger partial charge in [0.1, 0.15) is 0 Å². The molecule has 0 saturated heterocycles. The van der Waals surface area contributed by atoms with Gasteiger partial charge in [0.05, 0.1) is 6.04 Å². The van der Waals surface area contributed by atoms with Crippen LogP contribution in [0.25, 0.3) is 10.9 Å². The molecule has 2 atom stereocenters. The number of aromatic amines is 1. The van der Waals surface area contributed by atoms with Crippen LogP contribution in [0.4, 0.5) is 0 Å². The number of carbonyl (C=O) groups is 2. The van der Waals surface area contributed by atoms with Gasteiger partial charge in [0.15, 0.2) is 0 Å². The quantitative estimate of drug-likeness (QED) is 0.595. The first-order chi connectivity index (χ1) is 11.0. The van der Waals surface area contributed by atoms with Crippen molar-refractivity contribution in [3.05, 3.63) is 36.0 Å². The van der Waals surface area contributed by atoms with Gasteiger partial charge in [-0.2, -0.15) is 0 Å². The first kappa shape index (κ1) is 17.0. The van der Waals surface area contributed by atoms with Gasteiger partial charge < -0.3 is 21.1 Å². The van der Waals surface area contributed by atoms with E-state index in [-0.39, 0.29) is 24.8 Å². The zero-order chi connectivity index (χ0) is 16.8. The lowest BCUT2D eigenvalue weighted by Crippen LogP contribution is -2.46. The number of carboxylic acid groups (broad SMARTS) is 1. The van der Waals surface area contributed by atoms with E-state index in [4.69, 9.17) is 10.8 Å². The first-order valence-electron chi connectivity index (χ1n) is 7.84. The molecule has 6 heteroatoms. The van der Waals surface area contributed by atoms with Crippen LogP contribution in [0, 0.1) is 0 Å². The van der Waals surface area contributed by atoms with Gasteiger partial charge in [-0.05, 0) is 30.9 Å². The molecule has 1 aromatic heterocycles. The normalized spacial score (nSPS) is 13.7. The van der Waals surface area contributed by atoms with Crippen LogP contribution in [0.15, 0.2) is 30.5 Å². The zero-order valence-corrected chi connectivity index (χ0v) is 13.2. The first-order valence-corrected chi connectivity index (χ1v) is 7.84. The van der Waals surface area contributed by atoms with Crippen LogP contribution < -0.4 is 11.1 Å². The van der Waals surface area contributed by atoms with Crippen LogP contribution in [0.5, 0.6) is 0 Å². The Bertz CT molecular complexity index is 681. The van der Waals surface area contributed by atoms with Crippen LogP contribution in [-0.4, -0.2) is 34.1 Å². The molecular weight excluding hydrogens is 294 g/mol. The van der Waals surface area contributed by atoms with E-state index in [1.165, 1.54) is 0 Å². The van der Waals surface area contributed by atoms with E-state index in [1.807, 2.05) is 37.4 Å². The SMILES string of the molecule is CCC(Cc1c[nH]c2ccccc12)NC(=O)C(N)CCC(=O)O. The van der Waals surface area contributed by atoms with E-state index in [0.717, 1.165) is 22.9 Å². The summed E-state index contributed by atoms with van der Waals surface area (Å²) in [6, 6.07) is 7.21. The minimum absolute atomic E-state index is 0.0300. The predicted molar refractivity (Wildman–Crippen MR) is 89.1 cm³/mol. The fraction of sp³-hybridized carbons (Fsp3) is 0.412. The molecule has 124 valence electrons. The Morgan fingerprint density at radius 2 is 2.09 bits per heavy atom. The molecule has 0 bridgehead atoms. The number of rotatable bonds is 8. The Morgan fingerprint density at radius 1 is 1.35 bits per heavy atom. The van der Waals surface area contributed by atoms with Gasteiger partial charge >= 0.3 is 5.97 Å². The van der Waals surface area contributed by atoms with Crippen LogP contribution in [0.2, 0.25) is 0 Å². The van der Waals surface area contributed by atoms with Crippen molar-refractivity contribution in [1.29, 1.82) is 0 Å². The van der Waals surface area contributed by atoms with Crippen LogP contribution in [0.1, 0.15) is 31.7 Å². The fourth-order valence-electron chi connectivity index (χ4n) is 2.58. The van der Waals surface area contributed by atoms with Gasteiger partial charge in [-0.15, -0.1) is 0 Å². The van der Waals surface area contributed by atoms with E-state index in [0.29, 0.717) is 6.42 Å². The average molecular weight is 317 g/mol. The minimum Gasteiger partial charge on any atom is -0.481 e. The number of benzene rings is 1. The lowest BCUT2D eigenvalue weighted by atomic mass is 10.0. The Kier molecular flexibility index (Phi) is 5.76. The summed E-state index contributed by atoms with van der Waals surface area (Å²) in [5.41, 5.74) is 7.97. The fourth-order valence-corrected chi connectivity index (χ4v) is 2.58. The Labute approximate surface area is 135 Å². The van der Waals surface area contributed by atoms with Crippen molar-refractivity contribution >= 4 is 22.8 Å². The Balaban J connectivity index is 1.97. The molecule has 0 spiro atoms. The number of hydrogen-bond acceptors (Lipinski definition) is 3. The molecule has 2 unspecified atom stereocenters. The number of carbonyl (C=O) groups excluding carboxylic acids is 1. The summed E-state index contributed by atoms with van der Waals surface area (Å²) in [6.07, 6.45) is 3.48. The number of aromatic nitrogens is 1. The van der Waals surface area contributed by atoms with Crippen molar-refractivity contribution in [3.63, 3.8) is 0 Å². The highest BCUT2D eigenvalue weighted by Crippen LogP contribution is 2.19. The molecule has 6 nitrogen and oxygen atoms in total. The van der Waals surface area contributed by atoms with E-state index >= 15 is 0 Å². The molecule has 0 radical (unpaired) electrons. The summed E-state index contributed by atoms with van der Waals surface area (Å²) in [6.45, 7) is 2.00. The molecule has 0 fully saturated rings. The van der Waals surface area contributed by atoms with Crippen molar-refractivity contribution in [2.24, 2.45) is 5.73 Å². The number of nitrogens with one attached hydrogen (secondary N) is 2. The van der Waals surface area contributed by atoms with Gasteiger partial charge in [-0.1, -0.05) is 25.1 Å². The number of hydrogen-bond donors (Lipinski definition) is 4. The lowest BCUT2D eigenvalue weighted by Gasteiger charge is -2.19. The number of H-pyrrole nitrogens is 1. The van der Waals surface area contributed by atoms with Crippen LogP contribution in [0.3, 0.4) is 0 Å². The maximum absolute atomic E-state index is 12.1. The molecule has 0 aliphatic rings. The largest absolute Gasteiger partial charge is 0.481 e. The number of carboxylic acids is 1. The second-order valence-electron chi connectivity index (χ2n) is 5.72. The number of nitrogens with two attached hydrogens (primary N) is 1. The molecule has 2 rings (SSSR count). The molecule has 5 N–H and O–H groups in total. The summed E-state index contributed by atoms with van der Waals surface area (Å²) >= 11 is 0. The van der Waals surface area contributed by atoms with E-state index in [1.54, 1.807) is 0 Å². The molecule has 1 amide bonds. The average Bonchev–Trinajstić information content (AvgIpc) is 2.94. The highest BCUT2D eigenvalue weighted by Gasteiger charge is 2.19. The minimum atomic E-state index is -0.945. The van der Waals surface area contributed by atoms with E-state index in [2.05, 4.69) is 10.3 Å². The summed E-state index contributed by atoms with van der Waals surface area (Å²) < 4.78 is 0. The van der Waals surface area contributed by atoms with Crippen molar-refractivity contribution in [3.8, 4) is 0 Å². The molecule has 2 aromatic rings. The molecule has 1 aromatic carbocycles. The Hall–Kier alpha value is -2.34. The summed E-state index contributed by atoms with van der Waals surface area (Å²) in [5, 5.41) is 12.7. The monoisotopic (exact) mass is 317 g/mol. The number of fused-ring (bicyclic) bond motifs is 1. The van der Waals surface area contributed by atoms with Gasteiger partial charge in [0, 0.05) is 29.6 Å². The molecule has 0 aliphatic carbocycles. The van der Waals surface area contributed by atoms with Crippen molar-refractivity contribution in [1.82, 2.24) is 10.3 Å². The zero-order valence-electron chi connectivity index (χ0n) is 13.2. The number of aliphatic carboxylic acids is 1. The van der Waals surface area contributed by atoms with Crippen LogP contribution in [-0.2, 0) is 16.0 Å². The van der Waals surface area contributed by atoms with Crippen LogP contribution >= 0.6 is 0 Å². The molecule has 1 heterocycles. The van der Waals surface area contributed by atoms with Crippen molar-refractivity contribution in [2.45, 2.75) is 44.7 Å². The number of para-hydroxylation sites is 1. The lowest BCUT2D eigenvalue weighted by molar-refractivity contribution is -0.137. The van der Waals surface area contributed by atoms with E-state index < -0.39 is 12.0 Å². The smallest absolute Gasteiger partial charge is 0.303 e. The highest BCUT2D eigenvalue weighted by molar-refractivity contribution is 5.84. The maximum Gasteiger partial charge on any atom is 0.303 e. The summed E-state index contributed by atoms with van der Waals surface area (Å²) in [4.78, 5) is 25.9. The molecule has 0 saturated carbocycles. The third-order valence-corrected chi connectivity index (χ3v) is 3.99. The molecule has 23 heavy (non-hydrogen) atoms. The van der Waals surface area contributed by atoms with Crippen molar-refractivity contribution in [2.75, 3.05) is 0 Å². The topological polar surface area (TPSA) is 108 Å². The predicted octanol–water partition coefficient (Wildman–Crippen LogP) is 1.80. The van der Waals surface area contributed by atoms with E-state index in [9.17, 15) is 9.59 Å². The maximum atomic E-state index is 12.1. The highest BCUT2D eigenvalue weighted by atomic mass is 16.4. The standard InChI is InChI=1S/C17H23N3O3/c1-2-12(20-17(23)14(18)7-8-16(21)22)9-11-10-19-15-6-4-3-5-13(11)15/h3-6,10,12,14,19H,2,7-9,18H2,1H3,(H,20,23)(H,21,22). The third kappa shape index (κ3) is 4.56. The third-order valence-electron chi connectivity index (χ3n) is 3.99. The van der Waals surface area contributed by atoms with Gasteiger partial charge in [0.25, 0.3) is 0 Å². The molecular formula is C17H23N3O3. The summed E-state index contributed by atoms with van der Waals surface area (Å²) in [5.74, 6) is -1.24. The van der Waals surface area contributed by atoms with Gasteiger partial charge in [-0.25, -0.2) is 0 Å². The second-order valence-corrected chi connectivity index (χ2v) is 5.72. The Morgan fingerprint density at radius 3 is 2.78 bits per heavy atom.